The number of hydrogen-bond donors (Lipinski definition) is 1. The molecule has 0 aromatic heterocycles. The van der Waals surface area contributed by atoms with E-state index in [0.29, 0.717) is 12.0 Å². The third-order valence-electron chi connectivity index (χ3n) is 9.51. The van der Waals surface area contributed by atoms with E-state index in [9.17, 15) is 24.3 Å². The summed E-state index contributed by atoms with van der Waals surface area (Å²) in [6.45, 7) is 11.4. The van der Waals surface area contributed by atoms with Gasteiger partial charge in [-0.3, -0.25) is 14.4 Å². The van der Waals surface area contributed by atoms with Crippen LogP contribution in [0.2, 0.25) is 0 Å². The molecular formula is C28H38O11. The van der Waals surface area contributed by atoms with Crippen LogP contribution < -0.4 is 0 Å². The molecule has 11 heteroatoms. The van der Waals surface area contributed by atoms with E-state index >= 15 is 0 Å². The minimum atomic E-state index is -1.43. The molecule has 2 aliphatic carbocycles. The Hall–Kier alpha value is -2.50. The zero-order valence-electron chi connectivity index (χ0n) is 23.5. The molecule has 3 saturated heterocycles. The second-order valence-electron chi connectivity index (χ2n) is 12.2. The lowest BCUT2D eigenvalue weighted by molar-refractivity contribution is -0.225. The number of esters is 4. The average molecular weight is 551 g/mol. The zero-order chi connectivity index (χ0) is 28.7. The van der Waals surface area contributed by atoms with Gasteiger partial charge in [-0.1, -0.05) is 19.4 Å². The molecule has 1 N–H and O–H groups in total. The van der Waals surface area contributed by atoms with Gasteiger partial charge in [-0.25, -0.2) is 4.79 Å². The third-order valence-corrected chi connectivity index (χ3v) is 9.51. The number of rotatable bonds is 5. The van der Waals surface area contributed by atoms with Gasteiger partial charge in [-0.2, -0.15) is 0 Å². The molecule has 0 aromatic rings. The van der Waals surface area contributed by atoms with E-state index < -0.39 is 82.5 Å². The Morgan fingerprint density at radius 3 is 2.36 bits per heavy atom. The van der Waals surface area contributed by atoms with Crippen LogP contribution in [0, 0.1) is 11.3 Å². The highest BCUT2D eigenvalue weighted by Gasteiger charge is 2.88. The molecule has 5 rings (SSSR count). The summed E-state index contributed by atoms with van der Waals surface area (Å²) < 4.78 is 35.7. The summed E-state index contributed by atoms with van der Waals surface area (Å²) in [5.74, 6) is -3.13. The van der Waals surface area contributed by atoms with Crippen molar-refractivity contribution in [2.75, 3.05) is 0 Å². The molecule has 39 heavy (non-hydrogen) atoms. The second-order valence-corrected chi connectivity index (χ2v) is 12.2. The fourth-order valence-corrected chi connectivity index (χ4v) is 7.63. The fraction of sp³-hybridized carbons (Fsp3) is 0.786. The number of carbonyl (C=O) groups is 4. The molecule has 11 atom stereocenters. The summed E-state index contributed by atoms with van der Waals surface area (Å²) in [5.41, 5.74) is -4.41. The van der Waals surface area contributed by atoms with Crippen LogP contribution in [-0.4, -0.2) is 82.4 Å². The maximum absolute atomic E-state index is 13.1. The van der Waals surface area contributed by atoms with Gasteiger partial charge in [0.25, 0.3) is 0 Å². The summed E-state index contributed by atoms with van der Waals surface area (Å²) in [4.78, 5) is 50.7. The maximum Gasteiger partial charge on any atom is 0.342 e. The van der Waals surface area contributed by atoms with Crippen LogP contribution in [0.5, 0.6) is 0 Å². The van der Waals surface area contributed by atoms with Crippen LogP contribution in [0.1, 0.15) is 74.1 Å². The quantitative estimate of drug-likeness (QED) is 0.231. The standard InChI is InChI=1S/C28H38O11/c1-8-9-20(31)37-23-16(34-14(3)29)10-13(2)11-19-28(27(7,39-28)24(33)36-19)22(32)21-25(23,5)17(35-15(4)30)12-18-26(21,6)38-18/h11,16-19,21-23,32H,8-10,12H2,1-7H3/b13-11-/t16-,17+,18+,19-,21-,22+,23+,25+,26+,27+,28+/m1/s1. The summed E-state index contributed by atoms with van der Waals surface area (Å²) in [6, 6.07) is 0. The molecular weight excluding hydrogens is 512 g/mol. The largest absolute Gasteiger partial charge is 0.462 e. The van der Waals surface area contributed by atoms with Gasteiger partial charge < -0.3 is 33.5 Å². The second kappa shape index (κ2) is 9.01. The van der Waals surface area contributed by atoms with Crippen molar-refractivity contribution in [1.29, 1.82) is 0 Å². The van der Waals surface area contributed by atoms with Crippen molar-refractivity contribution in [3.8, 4) is 0 Å². The Labute approximate surface area is 227 Å². The average Bonchev–Trinajstić information content (AvgIpc) is 3.65. The van der Waals surface area contributed by atoms with E-state index in [4.69, 9.17) is 28.4 Å². The van der Waals surface area contributed by atoms with Gasteiger partial charge in [0.05, 0.1) is 23.2 Å². The molecule has 3 heterocycles. The molecule has 0 unspecified atom stereocenters. The summed E-state index contributed by atoms with van der Waals surface area (Å²) >= 11 is 0. The number of carbonyl (C=O) groups excluding carboxylic acids is 4. The first kappa shape index (κ1) is 28.0. The molecule has 1 saturated carbocycles. The van der Waals surface area contributed by atoms with Crippen LogP contribution >= 0.6 is 0 Å². The van der Waals surface area contributed by atoms with E-state index in [0.717, 1.165) is 0 Å². The van der Waals surface area contributed by atoms with Crippen LogP contribution in [0.4, 0.5) is 0 Å². The first-order valence-electron chi connectivity index (χ1n) is 13.6. The van der Waals surface area contributed by atoms with Crippen LogP contribution in [0.3, 0.4) is 0 Å². The third kappa shape index (κ3) is 3.94. The van der Waals surface area contributed by atoms with Crippen LogP contribution in [-0.2, 0) is 47.6 Å². The summed E-state index contributed by atoms with van der Waals surface area (Å²) in [7, 11) is 0. The first-order valence-corrected chi connectivity index (χ1v) is 13.6. The van der Waals surface area contributed by atoms with Crippen LogP contribution in [0.15, 0.2) is 11.6 Å². The minimum Gasteiger partial charge on any atom is -0.462 e. The lowest BCUT2D eigenvalue weighted by Crippen LogP contribution is -2.67. The van der Waals surface area contributed by atoms with Gasteiger partial charge in [0.1, 0.15) is 18.3 Å². The number of epoxide rings is 2. The van der Waals surface area contributed by atoms with E-state index in [-0.39, 0.29) is 25.4 Å². The first-order chi connectivity index (χ1) is 18.1. The van der Waals surface area contributed by atoms with E-state index in [1.165, 1.54) is 13.8 Å². The van der Waals surface area contributed by atoms with Crippen molar-refractivity contribution in [3.63, 3.8) is 0 Å². The van der Waals surface area contributed by atoms with Gasteiger partial charge in [-0.05, 0) is 33.3 Å². The van der Waals surface area contributed by atoms with E-state index in [1.807, 2.05) is 13.8 Å². The molecule has 0 aromatic carbocycles. The summed E-state index contributed by atoms with van der Waals surface area (Å²) in [6.07, 6.45) is -2.90. The topological polar surface area (TPSA) is 150 Å². The lowest BCUT2D eigenvalue weighted by Gasteiger charge is -2.54. The van der Waals surface area contributed by atoms with Gasteiger partial charge in [-0.15, -0.1) is 0 Å². The number of ether oxygens (including phenoxy) is 6. The van der Waals surface area contributed by atoms with Crippen molar-refractivity contribution in [2.24, 2.45) is 11.3 Å². The predicted octanol–water partition coefficient (Wildman–Crippen LogP) is 1.91. The minimum absolute atomic E-state index is 0.117. The van der Waals surface area contributed by atoms with E-state index in [2.05, 4.69) is 0 Å². The lowest BCUT2D eigenvalue weighted by atomic mass is 9.53. The number of hydrogen-bond acceptors (Lipinski definition) is 11. The highest BCUT2D eigenvalue weighted by atomic mass is 16.7. The van der Waals surface area contributed by atoms with Crippen molar-refractivity contribution in [2.45, 2.75) is 128 Å². The zero-order valence-corrected chi connectivity index (χ0v) is 23.5. The normalized spacial score (nSPS) is 49.0. The van der Waals surface area contributed by atoms with Gasteiger partial charge in [0.2, 0.25) is 0 Å². The SMILES string of the molecule is CCCC(=O)O[C@H]1[C@H](OC(C)=O)C/C(C)=C\[C@H]2OC(=O)[C@]3(C)O[C@]23[C@@H](O)[C@H]2[C@@]3(C)O[C@H]3C[C@H](OC(C)=O)[C@]12C. The maximum atomic E-state index is 13.1. The van der Waals surface area contributed by atoms with E-state index in [1.54, 1.807) is 26.8 Å². The molecule has 4 fully saturated rings. The molecule has 1 spiro atoms. The highest BCUT2D eigenvalue weighted by molar-refractivity contribution is 5.89. The highest BCUT2D eigenvalue weighted by Crippen LogP contribution is 2.69. The Balaban J connectivity index is 1.74. The Morgan fingerprint density at radius 1 is 1.10 bits per heavy atom. The Morgan fingerprint density at radius 2 is 1.77 bits per heavy atom. The molecule has 0 radical (unpaired) electrons. The molecule has 216 valence electrons. The van der Waals surface area contributed by atoms with Gasteiger partial charge >= 0.3 is 23.9 Å². The number of aliphatic hydroxyl groups excluding tert-OH is 1. The molecule has 5 aliphatic rings. The molecule has 11 nitrogen and oxygen atoms in total. The molecule has 0 amide bonds. The summed E-state index contributed by atoms with van der Waals surface area (Å²) in [5, 5.41) is 12.3. The molecule has 3 aliphatic heterocycles. The smallest absolute Gasteiger partial charge is 0.342 e. The van der Waals surface area contributed by atoms with Crippen molar-refractivity contribution in [3.05, 3.63) is 11.6 Å². The van der Waals surface area contributed by atoms with Gasteiger partial charge in [0.15, 0.2) is 17.3 Å². The number of aliphatic hydroxyl groups is 1. The van der Waals surface area contributed by atoms with Crippen molar-refractivity contribution in [1.82, 2.24) is 0 Å². The number of fused-ring (bicyclic) bond motifs is 3. The van der Waals surface area contributed by atoms with Crippen LogP contribution in [0.25, 0.3) is 0 Å². The van der Waals surface area contributed by atoms with Gasteiger partial charge in [0, 0.05) is 39.0 Å². The Kier molecular flexibility index (Phi) is 6.48. The van der Waals surface area contributed by atoms with Crippen molar-refractivity contribution < 1.29 is 52.7 Å². The monoisotopic (exact) mass is 550 g/mol. The Bertz CT molecular complexity index is 1130. The predicted molar refractivity (Wildman–Crippen MR) is 132 cm³/mol. The van der Waals surface area contributed by atoms with Crippen molar-refractivity contribution >= 4 is 23.9 Å². The molecule has 0 bridgehead atoms. The fourth-order valence-electron chi connectivity index (χ4n) is 7.63.